The van der Waals surface area contributed by atoms with Gasteiger partial charge in [-0.3, -0.25) is 4.79 Å². The van der Waals surface area contributed by atoms with E-state index in [9.17, 15) is 4.79 Å². The standard InChI is InChI=1S/C16H31NO2/c1-13(2)14(9-10-16(18)19)11-12-17-15-7-5-3-4-6-8-15/h13-15,17H,3-12H2,1-2H3,(H,18,19). The van der Waals surface area contributed by atoms with Crippen molar-refractivity contribution in [3.05, 3.63) is 0 Å². The molecule has 3 heteroatoms. The molecule has 3 nitrogen and oxygen atoms in total. The Morgan fingerprint density at radius 2 is 1.79 bits per heavy atom. The van der Waals surface area contributed by atoms with Crippen LogP contribution in [0.1, 0.15) is 71.6 Å². The van der Waals surface area contributed by atoms with Crippen molar-refractivity contribution in [2.75, 3.05) is 6.54 Å². The van der Waals surface area contributed by atoms with E-state index in [4.69, 9.17) is 5.11 Å². The van der Waals surface area contributed by atoms with E-state index in [1.807, 2.05) is 0 Å². The molecule has 0 aromatic rings. The summed E-state index contributed by atoms with van der Waals surface area (Å²) >= 11 is 0. The highest BCUT2D eigenvalue weighted by Gasteiger charge is 2.16. The summed E-state index contributed by atoms with van der Waals surface area (Å²) in [5, 5.41) is 12.5. The number of hydrogen-bond acceptors (Lipinski definition) is 2. The molecule has 0 bridgehead atoms. The fraction of sp³-hybridized carbons (Fsp3) is 0.938. The van der Waals surface area contributed by atoms with E-state index < -0.39 is 5.97 Å². The van der Waals surface area contributed by atoms with Gasteiger partial charge < -0.3 is 10.4 Å². The number of hydrogen-bond donors (Lipinski definition) is 2. The summed E-state index contributed by atoms with van der Waals surface area (Å²) in [6.07, 6.45) is 10.4. The second-order valence-electron chi connectivity index (χ2n) is 6.37. The van der Waals surface area contributed by atoms with Crippen LogP contribution in [-0.4, -0.2) is 23.7 Å². The van der Waals surface area contributed by atoms with Crippen LogP contribution >= 0.6 is 0 Å². The van der Waals surface area contributed by atoms with Gasteiger partial charge in [-0.05, 0) is 44.1 Å². The van der Waals surface area contributed by atoms with Gasteiger partial charge in [-0.2, -0.15) is 0 Å². The summed E-state index contributed by atoms with van der Waals surface area (Å²) in [5.41, 5.74) is 0. The molecular formula is C16H31NO2. The first-order valence-electron chi connectivity index (χ1n) is 8.04. The van der Waals surface area contributed by atoms with Gasteiger partial charge in [0.1, 0.15) is 0 Å². The monoisotopic (exact) mass is 269 g/mol. The highest BCUT2D eigenvalue weighted by atomic mass is 16.4. The lowest BCUT2D eigenvalue weighted by molar-refractivity contribution is -0.137. The van der Waals surface area contributed by atoms with Crippen molar-refractivity contribution in [1.29, 1.82) is 0 Å². The van der Waals surface area contributed by atoms with Crippen LogP contribution in [0.5, 0.6) is 0 Å². The molecular weight excluding hydrogens is 238 g/mol. The van der Waals surface area contributed by atoms with Crippen molar-refractivity contribution in [2.45, 2.75) is 77.7 Å². The Kier molecular flexibility index (Phi) is 8.11. The van der Waals surface area contributed by atoms with Crippen LogP contribution in [0.2, 0.25) is 0 Å². The maximum atomic E-state index is 10.7. The summed E-state index contributed by atoms with van der Waals surface area (Å²) in [5.74, 6) is 0.451. The summed E-state index contributed by atoms with van der Waals surface area (Å²) in [7, 11) is 0. The Bertz CT molecular complexity index is 245. The number of carbonyl (C=O) groups is 1. The molecule has 1 aliphatic rings. The zero-order chi connectivity index (χ0) is 14.1. The Morgan fingerprint density at radius 1 is 1.16 bits per heavy atom. The first-order valence-corrected chi connectivity index (χ1v) is 8.04. The van der Waals surface area contributed by atoms with Gasteiger partial charge in [0.15, 0.2) is 0 Å². The Hall–Kier alpha value is -0.570. The lowest BCUT2D eigenvalue weighted by Gasteiger charge is -2.22. The van der Waals surface area contributed by atoms with Crippen molar-refractivity contribution in [3.63, 3.8) is 0 Å². The van der Waals surface area contributed by atoms with Crippen LogP contribution in [-0.2, 0) is 4.79 Å². The van der Waals surface area contributed by atoms with Gasteiger partial charge in [0.2, 0.25) is 0 Å². The third-order valence-electron chi connectivity index (χ3n) is 4.48. The highest BCUT2D eigenvalue weighted by molar-refractivity contribution is 5.66. The summed E-state index contributed by atoms with van der Waals surface area (Å²) in [6.45, 7) is 5.46. The lowest BCUT2D eigenvalue weighted by atomic mass is 9.88. The highest BCUT2D eigenvalue weighted by Crippen LogP contribution is 2.21. The minimum absolute atomic E-state index is 0.312. The van der Waals surface area contributed by atoms with E-state index >= 15 is 0 Å². The zero-order valence-corrected chi connectivity index (χ0v) is 12.7. The molecule has 0 saturated heterocycles. The van der Waals surface area contributed by atoms with Gasteiger partial charge in [-0.15, -0.1) is 0 Å². The average molecular weight is 269 g/mol. The van der Waals surface area contributed by atoms with E-state index in [1.54, 1.807) is 0 Å². The van der Waals surface area contributed by atoms with E-state index in [0.29, 0.717) is 24.3 Å². The lowest BCUT2D eigenvalue weighted by Crippen LogP contribution is -2.31. The third-order valence-corrected chi connectivity index (χ3v) is 4.48. The van der Waals surface area contributed by atoms with Gasteiger partial charge in [0, 0.05) is 12.5 Å². The first kappa shape index (κ1) is 16.5. The largest absolute Gasteiger partial charge is 0.481 e. The second kappa shape index (κ2) is 9.35. The molecule has 0 amide bonds. The predicted octanol–water partition coefficient (Wildman–Crippen LogP) is 3.83. The number of carboxylic acids is 1. The van der Waals surface area contributed by atoms with Gasteiger partial charge in [0.05, 0.1) is 0 Å². The molecule has 0 heterocycles. The third kappa shape index (κ3) is 7.56. The quantitative estimate of drug-likeness (QED) is 0.658. The molecule has 1 saturated carbocycles. The number of nitrogens with one attached hydrogen (secondary N) is 1. The second-order valence-corrected chi connectivity index (χ2v) is 6.37. The number of aliphatic carboxylic acids is 1. The van der Waals surface area contributed by atoms with Crippen molar-refractivity contribution >= 4 is 5.97 Å². The molecule has 0 aromatic carbocycles. The molecule has 112 valence electrons. The minimum atomic E-state index is -0.664. The van der Waals surface area contributed by atoms with E-state index in [-0.39, 0.29) is 0 Å². The van der Waals surface area contributed by atoms with Gasteiger partial charge in [-0.25, -0.2) is 0 Å². The molecule has 1 atom stereocenters. The van der Waals surface area contributed by atoms with Crippen LogP contribution in [0, 0.1) is 11.8 Å². The molecule has 0 aliphatic heterocycles. The molecule has 0 radical (unpaired) electrons. The zero-order valence-electron chi connectivity index (χ0n) is 12.7. The molecule has 1 aliphatic carbocycles. The Balaban J connectivity index is 2.21. The number of rotatable bonds is 8. The Labute approximate surface area is 118 Å². The van der Waals surface area contributed by atoms with Crippen LogP contribution in [0.25, 0.3) is 0 Å². The molecule has 0 spiro atoms. The summed E-state index contributed by atoms with van der Waals surface area (Å²) in [4.78, 5) is 10.7. The average Bonchev–Trinajstić information content (AvgIpc) is 2.61. The summed E-state index contributed by atoms with van der Waals surface area (Å²) in [6, 6.07) is 0.704. The van der Waals surface area contributed by atoms with Gasteiger partial charge in [-0.1, -0.05) is 39.5 Å². The van der Waals surface area contributed by atoms with Crippen LogP contribution in [0.3, 0.4) is 0 Å². The minimum Gasteiger partial charge on any atom is -0.481 e. The van der Waals surface area contributed by atoms with Crippen molar-refractivity contribution in [1.82, 2.24) is 5.32 Å². The number of carboxylic acid groups (broad SMARTS) is 1. The van der Waals surface area contributed by atoms with Gasteiger partial charge >= 0.3 is 5.97 Å². The SMILES string of the molecule is CC(C)C(CCNC1CCCCCC1)CCC(=O)O. The molecule has 1 fully saturated rings. The van der Waals surface area contributed by atoms with Crippen molar-refractivity contribution < 1.29 is 9.90 Å². The predicted molar refractivity (Wildman–Crippen MR) is 79.3 cm³/mol. The van der Waals surface area contributed by atoms with E-state index in [1.165, 1.54) is 38.5 Å². The maximum absolute atomic E-state index is 10.7. The topological polar surface area (TPSA) is 49.3 Å². The van der Waals surface area contributed by atoms with Crippen LogP contribution in [0.4, 0.5) is 0 Å². The first-order chi connectivity index (χ1) is 9.09. The maximum Gasteiger partial charge on any atom is 0.303 e. The van der Waals surface area contributed by atoms with Crippen LogP contribution in [0.15, 0.2) is 0 Å². The molecule has 19 heavy (non-hydrogen) atoms. The smallest absolute Gasteiger partial charge is 0.303 e. The van der Waals surface area contributed by atoms with Gasteiger partial charge in [0.25, 0.3) is 0 Å². The Morgan fingerprint density at radius 3 is 2.32 bits per heavy atom. The van der Waals surface area contributed by atoms with Crippen molar-refractivity contribution in [3.8, 4) is 0 Å². The van der Waals surface area contributed by atoms with E-state index in [0.717, 1.165) is 19.4 Å². The van der Waals surface area contributed by atoms with Crippen molar-refractivity contribution in [2.24, 2.45) is 11.8 Å². The molecule has 1 unspecified atom stereocenters. The summed E-state index contributed by atoms with van der Waals surface area (Å²) < 4.78 is 0. The van der Waals surface area contributed by atoms with E-state index in [2.05, 4.69) is 19.2 Å². The normalized spacial score (nSPS) is 19.3. The molecule has 0 aromatic heterocycles. The molecule has 1 rings (SSSR count). The van der Waals surface area contributed by atoms with Crippen LogP contribution < -0.4 is 5.32 Å². The molecule has 2 N–H and O–H groups in total. The fourth-order valence-corrected chi connectivity index (χ4v) is 3.08. The fourth-order valence-electron chi connectivity index (χ4n) is 3.08.